The van der Waals surface area contributed by atoms with Crippen molar-refractivity contribution < 1.29 is 8.42 Å². The molecule has 4 nitrogen and oxygen atoms in total. The number of benzene rings is 1. The van der Waals surface area contributed by atoms with Crippen LogP contribution in [0.25, 0.3) is 0 Å². The molecule has 0 unspecified atom stereocenters. The average Bonchev–Trinajstić information content (AvgIpc) is 2.30. The molecule has 94 valence electrons. The predicted octanol–water partition coefficient (Wildman–Crippen LogP) is 1.03. The molecule has 1 aromatic carbocycles. The Kier molecular flexibility index (Phi) is 3.81. The molecule has 0 saturated carbocycles. The molecule has 0 radical (unpaired) electrons. The summed E-state index contributed by atoms with van der Waals surface area (Å²) < 4.78 is 27.0. The molecule has 2 N–H and O–H groups in total. The van der Waals surface area contributed by atoms with Gasteiger partial charge < -0.3 is 5.32 Å². The Morgan fingerprint density at radius 2 is 2.24 bits per heavy atom. The molecule has 1 aromatic rings. The van der Waals surface area contributed by atoms with Crippen LogP contribution >= 0.6 is 0 Å². The fourth-order valence-corrected chi connectivity index (χ4v) is 3.40. The van der Waals surface area contributed by atoms with Gasteiger partial charge in [-0.3, -0.25) is 0 Å². The van der Waals surface area contributed by atoms with Crippen LogP contribution in [0.3, 0.4) is 0 Å². The van der Waals surface area contributed by atoms with Gasteiger partial charge in [0.1, 0.15) is 0 Å². The lowest BCUT2D eigenvalue weighted by atomic mass is 10.1. The Morgan fingerprint density at radius 3 is 2.88 bits per heavy atom. The van der Waals surface area contributed by atoms with E-state index in [1.807, 2.05) is 13.0 Å². The topological polar surface area (TPSA) is 58.2 Å². The summed E-state index contributed by atoms with van der Waals surface area (Å²) in [6.45, 7) is 3.58. The van der Waals surface area contributed by atoms with Gasteiger partial charge in [-0.1, -0.05) is 12.1 Å². The summed E-state index contributed by atoms with van der Waals surface area (Å²) in [5.74, 6) is 0. The summed E-state index contributed by atoms with van der Waals surface area (Å²) in [5.41, 5.74) is 0.953. The molecule has 5 heteroatoms. The molecule has 17 heavy (non-hydrogen) atoms. The number of aryl methyl sites for hydroxylation is 1. The second-order valence-electron chi connectivity index (χ2n) is 4.48. The highest BCUT2D eigenvalue weighted by molar-refractivity contribution is 7.89. The predicted molar refractivity (Wildman–Crippen MR) is 67.4 cm³/mol. The number of nitrogens with one attached hydrogen (secondary N) is 2. The molecule has 1 aliphatic rings. The third-order valence-electron chi connectivity index (χ3n) is 2.92. The van der Waals surface area contributed by atoms with E-state index in [1.165, 1.54) is 0 Å². The van der Waals surface area contributed by atoms with E-state index in [2.05, 4.69) is 10.0 Å². The van der Waals surface area contributed by atoms with Gasteiger partial charge in [-0.2, -0.15) is 0 Å². The van der Waals surface area contributed by atoms with Crippen LogP contribution in [0.15, 0.2) is 29.2 Å². The van der Waals surface area contributed by atoms with E-state index in [0.29, 0.717) is 11.4 Å². The Bertz CT molecular complexity index is 479. The summed E-state index contributed by atoms with van der Waals surface area (Å²) in [7, 11) is -3.37. The monoisotopic (exact) mass is 254 g/mol. The van der Waals surface area contributed by atoms with E-state index in [9.17, 15) is 8.42 Å². The average molecular weight is 254 g/mol. The molecule has 1 saturated heterocycles. The smallest absolute Gasteiger partial charge is 0.240 e. The summed E-state index contributed by atoms with van der Waals surface area (Å²) in [6.07, 6.45) is 1.92. The fraction of sp³-hybridized carbons (Fsp3) is 0.500. The second-order valence-corrected chi connectivity index (χ2v) is 6.20. The number of piperidine rings is 1. The molecule has 0 aromatic heterocycles. The highest BCUT2D eigenvalue weighted by atomic mass is 32.2. The van der Waals surface area contributed by atoms with Crippen molar-refractivity contribution in [2.75, 3.05) is 13.1 Å². The zero-order valence-corrected chi connectivity index (χ0v) is 10.8. The SMILES string of the molecule is Cc1cccc(S(=O)(=O)N[C@@H]2CCCNC2)c1. The molecule has 1 fully saturated rings. The third kappa shape index (κ3) is 3.28. The van der Waals surface area contributed by atoms with Crippen molar-refractivity contribution in [2.45, 2.75) is 30.7 Å². The van der Waals surface area contributed by atoms with Crippen molar-refractivity contribution in [3.05, 3.63) is 29.8 Å². The zero-order valence-electron chi connectivity index (χ0n) is 9.94. The van der Waals surface area contributed by atoms with E-state index in [4.69, 9.17) is 0 Å². The van der Waals surface area contributed by atoms with E-state index < -0.39 is 10.0 Å². The van der Waals surface area contributed by atoms with Gasteiger partial charge in [-0.15, -0.1) is 0 Å². The summed E-state index contributed by atoms with van der Waals surface area (Å²) >= 11 is 0. The zero-order chi connectivity index (χ0) is 12.3. The molecule has 0 amide bonds. The molecule has 0 bridgehead atoms. The van der Waals surface area contributed by atoms with Crippen LogP contribution in [0.4, 0.5) is 0 Å². The number of hydrogen-bond acceptors (Lipinski definition) is 3. The van der Waals surface area contributed by atoms with Crippen LogP contribution in [0.5, 0.6) is 0 Å². The van der Waals surface area contributed by atoms with Crippen LogP contribution in [0.2, 0.25) is 0 Å². The molecule has 0 aliphatic carbocycles. The highest BCUT2D eigenvalue weighted by Gasteiger charge is 2.21. The molecule has 2 rings (SSSR count). The summed E-state index contributed by atoms with van der Waals surface area (Å²) in [4.78, 5) is 0.350. The minimum Gasteiger partial charge on any atom is -0.315 e. The Labute approximate surface area is 102 Å². The van der Waals surface area contributed by atoms with Gasteiger partial charge in [-0.25, -0.2) is 13.1 Å². The Balaban J connectivity index is 2.13. The first-order chi connectivity index (χ1) is 8.08. The van der Waals surface area contributed by atoms with Gasteiger partial charge in [0, 0.05) is 12.6 Å². The Morgan fingerprint density at radius 1 is 1.41 bits per heavy atom. The largest absolute Gasteiger partial charge is 0.315 e. The molecule has 1 atom stereocenters. The molecule has 1 heterocycles. The van der Waals surface area contributed by atoms with Gasteiger partial charge in [0.25, 0.3) is 0 Å². The molecular formula is C12H18N2O2S. The van der Waals surface area contributed by atoms with E-state index in [-0.39, 0.29) is 6.04 Å². The lowest BCUT2D eigenvalue weighted by molar-refractivity contribution is 0.428. The van der Waals surface area contributed by atoms with Crippen LogP contribution in [-0.2, 0) is 10.0 Å². The first kappa shape index (κ1) is 12.5. The lowest BCUT2D eigenvalue weighted by Crippen LogP contribution is -2.45. The number of sulfonamides is 1. The molecule has 1 aliphatic heterocycles. The van der Waals surface area contributed by atoms with Crippen molar-refractivity contribution >= 4 is 10.0 Å². The van der Waals surface area contributed by atoms with Crippen molar-refractivity contribution in [2.24, 2.45) is 0 Å². The standard InChI is InChI=1S/C12H18N2O2S/c1-10-4-2-6-12(8-10)17(15,16)14-11-5-3-7-13-9-11/h2,4,6,8,11,13-14H,3,5,7,9H2,1H3/t11-/m1/s1. The van der Waals surface area contributed by atoms with Crippen LogP contribution in [-0.4, -0.2) is 27.5 Å². The first-order valence-corrected chi connectivity index (χ1v) is 7.36. The van der Waals surface area contributed by atoms with Gasteiger partial charge in [-0.05, 0) is 44.0 Å². The van der Waals surface area contributed by atoms with Crippen LogP contribution in [0, 0.1) is 6.92 Å². The summed E-state index contributed by atoms with van der Waals surface area (Å²) in [6, 6.07) is 6.99. The normalized spacial score (nSPS) is 21.4. The maximum absolute atomic E-state index is 12.1. The number of rotatable bonds is 3. The maximum atomic E-state index is 12.1. The van der Waals surface area contributed by atoms with E-state index >= 15 is 0 Å². The fourth-order valence-electron chi connectivity index (χ4n) is 2.02. The molecule has 0 spiro atoms. The second kappa shape index (κ2) is 5.16. The minimum absolute atomic E-state index is 0.00858. The number of hydrogen-bond donors (Lipinski definition) is 2. The van der Waals surface area contributed by atoms with E-state index in [0.717, 1.165) is 24.9 Å². The molecular weight excluding hydrogens is 236 g/mol. The van der Waals surface area contributed by atoms with Crippen molar-refractivity contribution in [1.82, 2.24) is 10.0 Å². The van der Waals surface area contributed by atoms with Gasteiger partial charge in [0.05, 0.1) is 4.90 Å². The van der Waals surface area contributed by atoms with Crippen molar-refractivity contribution in [3.63, 3.8) is 0 Å². The Hall–Kier alpha value is -0.910. The van der Waals surface area contributed by atoms with Gasteiger partial charge in [0.15, 0.2) is 0 Å². The quantitative estimate of drug-likeness (QED) is 0.847. The van der Waals surface area contributed by atoms with Gasteiger partial charge >= 0.3 is 0 Å². The van der Waals surface area contributed by atoms with Crippen molar-refractivity contribution in [1.29, 1.82) is 0 Å². The van der Waals surface area contributed by atoms with E-state index in [1.54, 1.807) is 18.2 Å². The van der Waals surface area contributed by atoms with Crippen LogP contribution in [0.1, 0.15) is 18.4 Å². The van der Waals surface area contributed by atoms with Crippen LogP contribution < -0.4 is 10.0 Å². The van der Waals surface area contributed by atoms with Gasteiger partial charge in [0.2, 0.25) is 10.0 Å². The minimum atomic E-state index is -3.37. The lowest BCUT2D eigenvalue weighted by Gasteiger charge is -2.23. The third-order valence-corrected chi connectivity index (χ3v) is 4.44. The highest BCUT2D eigenvalue weighted by Crippen LogP contribution is 2.13. The summed E-state index contributed by atoms with van der Waals surface area (Å²) in [5, 5.41) is 3.19. The maximum Gasteiger partial charge on any atom is 0.240 e. The first-order valence-electron chi connectivity index (χ1n) is 5.88. The van der Waals surface area contributed by atoms with Crippen molar-refractivity contribution in [3.8, 4) is 0 Å².